The summed E-state index contributed by atoms with van der Waals surface area (Å²) < 4.78 is 13.3. The lowest BCUT2D eigenvalue weighted by molar-refractivity contribution is 0.0666. The second-order valence-electron chi connectivity index (χ2n) is 8.68. The number of methoxy groups -OCH3 is 1. The van der Waals surface area contributed by atoms with Crippen molar-refractivity contribution in [2.75, 3.05) is 26.9 Å². The normalized spacial score (nSPS) is 15.3. The Hall–Kier alpha value is -3.29. The van der Waals surface area contributed by atoms with Gasteiger partial charge in [-0.3, -0.25) is 4.79 Å². The van der Waals surface area contributed by atoms with Crippen LogP contribution < -0.4 is 9.47 Å². The first-order valence-corrected chi connectivity index (χ1v) is 12.9. The number of ether oxygens (including phenoxy) is 2. The molecule has 7 heteroatoms. The fraction of sp³-hybridized carbons (Fsp3) is 0.321. The number of amides is 1. The fourth-order valence-corrected chi connectivity index (χ4v) is 6.07. The zero-order valence-corrected chi connectivity index (χ0v) is 20.9. The van der Waals surface area contributed by atoms with Crippen molar-refractivity contribution < 1.29 is 19.4 Å². The number of aromatic nitrogens is 1. The van der Waals surface area contributed by atoms with Gasteiger partial charge in [0.25, 0.3) is 5.91 Å². The highest BCUT2D eigenvalue weighted by Crippen LogP contribution is 2.39. The molecule has 0 aliphatic carbocycles. The van der Waals surface area contributed by atoms with Gasteiger partial charge in [-0.05, 0) is 60.5 Å². The van der Waals surface area contributed by atoms with E-state index in [9.17, 15) is 9.90 Å². The Balaban J connectivity index is 1.51. The van der Waals surface area contributed by atoms with Crippen molar-refractivity contribution >= 4 is 28.1 Å². The SMILES string of the molecule is CCn1cc(C(=O)N2CCc3ccsc3C2Cc2ccc(OC)c(OCCO)c2)c2ccccc21. The van der Waals surface area contributed by atoms with Crippen LogP contribution in [0.2, 0.25) is 0 Å². The molecule has 2 aromatic carbocycles. The number of para-hydroxylation sites is 1. The van der Waals surface area contributed by atoms with Gasteiger partial charge >= 0.3 is 0 Å². The van der Waals surface area contributed by atoms with Gasteiger partial charge in [0.15, 0.2) is 11.5 Å². The molecule has 1 atom stereocenters. The van der Waals surface area contributed by atoms with Crippen molar-refractivity contribution in [3.8, 4) is 11.5 Å². The third kappa shape index (κ3) is 4.42. The fourth-order valence-electron chi connectivity index (χ4n) is 5.00. The molecule has 0 fully saturated rings. The van der Waals surface area contributed by atoms with E-state index in [0.717, 1.165) is 35.0 Å². The Bertz CT molecular complexity index is 1340. The standard InChI is InChI=1S/C28H30N2O4S/c1-3-29-18-22(21-6-4-5-7-23(21)29)28(32)30-12-10-20-11-15-35-27(20)24(30)16-19-8-9-25(33-2)26(17-19)34-14-13-31/h4-9,11,15,17-18,24,31H,3,10,12-14,16H2,1-2H3. The van der Waals surface area contributed by atoms with Crippen molar-refractivity contribution in [3.05, 3.63) is 81.7 Å². The van der Waals surface area contributed by atoms with Gasteiger partial charge in [0.2, 0.25) is 0 Å². The number of hydrogen-bond donors (Lipinski definition) is 1. The minimum absolute atomic E-state index is 0.0610. The number of fused-ring (bicyclic) bond motifs is 2. The lowest BCUT2D eigenvalue weighted by Gasteiger charge is -2.36. The third-order valence-corrected chi connectivity index (χ3v) is 7.77. The van der Waals surface area contributed by atoms with Crippen molar-refractivity contribution in [1.29, 1.82) is 0 Å². The molecule has 0 saturated heterocycles. The molecular formula is C28H30N2O4S. The summed E-state index contributed by atoms with van der Waals surface area (Å²) in [4.78, 5) is 17.3. The van der Waals surface area contributed by atoms with E-state index in [1.54, 1.807) is 18.4 Å². The summed E-state index contributed by atoms with van der Waals surface area (Å²) in [5.74, 6) is 1.30. The highest BCUT2D eigenvalue weighted by molar-refractivity contribution is 7.10. The average molecular weight is 491 g/mol. The van der Waals surface area contributed by atoms with Gasteiger partial charge in [0, 0.05) is 35.1 Å². The second kappa shape index (κ2) is 10.1. The summed E-state index contributed by atoms with van der Waals surface area (Å²) in [5.41, 5.74) is 4.22. The Labute approximate surface area is 209 Å². The van der Waals surface area contributed by atoms with E-state index in [1.807, 2.05) is 47.5 Å². The highest BCUT2D eigenvalue weighted by Gasteiger charge is 2.34. The molecule has 1 amide bonds. The van der Waals surface area contributed by atoms with E-state index in [1.165, 1.54) is 10.4 Å². The van der Waals surface area contributed by atoms with Gasteiger partial charge in [-0.15, -0.1) is 11.3 Å². The number of aliphatic hydroxyl groups excluding tert-OH is 1. The summed E-state index contributed by atoms with van der Waals surface area (Å²) in [5, 5.41) is 12.3. The number of hydrogen-bond acceptors (Lipinski definition) is 5. The molecule has 1 unspecified atom stereocenters. The molecule has 182 valence electrons. The number of thiophene rings is 1. The summed E-state index contributed by atoms with van der Waals surface area (Å²) in [6.45, 7) is 3.73. The highest BCUT2D eigenvalue weighted by atomic mass is 32.1. The second-order valence-corrected chi connectivity index (χ2v) is 9.63. The number of aliphatic hydroxyl groups is 1. The number of rotatable bonds is 8. The van der Waals surface area contributed by atoms with Crippen molar-refractivity contribution in [2.45, 2.75) is 32.4 Å². The molecule has 1 aliphatic rings. The predicted octanol–water partition coefficient (Wildman–Crippen LogP) is 5.08. The average Bonchev–Trinajstić information content (AvgIpc) is 3.52. The van der Waals surface area contributed by atoms with Crippen LogP contribution in [0.3, 0.4) is 0 Å². The molecule has 0 radical (unpaired) electrons. The van der Waals surface area contributed by atoms with E-state index in [2.05, 4.69) is 29.0 Å². The Kier molecular flexibility index (Phi) is 6.79. The number of benzene rings is 2. The first-order valence-electron chi connectivity index (χ1n) is 12.0. The Morgan fingerprint density at radius 2 is 2.03 bits per heavy atom. The van der Waals surface area contributed by atoms with Gasteiger partial charge in [-0.2, -0.15) is 0 Å². The topological polar surface area (TPSA) is 63.9 Å². The first kappa shape index (κ1) is 23.5. The van der Waals surface area contributed by atoms with Crippen LogP contribution in [0, 0.1) is 0 Å². The smallest absolute Gasteiger partial charge is 0.256 e. The molecule has 5 rings (SSSR count). The van der Waals surface area contributed by atoms with Gasteiger partial charge in [0.05, 0.1) is 25.3 Å². The molecular weight excluding hydrogens is 460 g/mol. The van der Waals surface area contributed by atoms with E-state index in [0.29, 0.717) is 24.5 Å². The van der Waals surface area contributed by atoms with Crippen molar-refractivity contribution in [3.63, 3.8) is 0 Å². The summed E-state index contributed by atoms with van der Waals surface area (Å²) in [6.07, 6.45) is 3.54. The maximum Gasteiger partial charge on any atom is 0.256 e. The summed E-state index contributed by atoms with van der Waals surface area (Å²) >= 11 is 1.72. The quantitative estimate of drug-likeness (QED) is 0.374. The molecule has 1 N–H and O–H groups in total. The molecule has 2 aromatic heterocycles. The number of carbonyl (C=O) groups is 1. The van der Waals surface area contributed by atoms with Crippen molar-refractivity contribution in [1.82, 2.24) is 9.47 Å². The molecule has 6 nitrogen and oxygen atoms in total. The van der Waals surface area contributed by atoms with Crippen LogP contribution in [-0.2, 0) is 19.4 Å². The van der Waals surface area contributed by atoms with Gasteiger partial charge in [0.1, 0.15) is 6.61 Å². The molecule has 1 aliphatic heterocycles. The maximum atomic E-state index is 14.0. The van der Waals surface area contributed by atoms with Crippen LogP contribution in [0.4, 0.5) is 0 Å². The van der Waals surface area contributed by atoms with E-state index < -0.39 is 0 Å². The monoisotopic (exact) mass is 490 g/mol. The van der Waals surface area contributed by atoms with Crippen molar-refractivity contribution in [2.24, 2.45) is 0 Å². The third-order valence-electron chi connectivity index (χ3n) is 6.71. The van der Waals surface area contributed by atoms with Gasteiger partial charge in [-0.1, -0.05) is 24.3 Å². The van der Waals surface area contributed by atoms with Crippen LogP contribution in [-0.4, -0.2) is 47.3 Å². The molecule has 0 saturated carbocycles. The lowest BCUT2D eigenvalue weighted by atomic mass is 9.94. The van der Waals surface area contributed by atoms with Crippen LogP contribution in [0.1, 0.15) is 39.3 Å². The maximum absolute atomic E-state index is 14.0. The van der Waals surface area contributed by atoms with Crippen LogP contribution in [0.25, 0.3) is 10.9 Å². The van der Waals surface area contributed by atoms with Crippen LogP contribution >= 0.6 is 11.3 Å². The molecule has 3 heterocycles. The zero-order chi connectivity index (χ0) is 24.4. The Morgan fingerprint density at radius 1 is 1.17 bits per heavy atom. The van der Waals surface area contributed by atoms with Crippen LogP contribution in [0.15, 0.2) is 60.1 Å². The minimum Gasteiger partial charge on any atom is -0.493 e. The number of nitrogens with zero attached hydrogens (tertiary/aromatic N) is 2. The predicted molar refractivity (Wildman–Crippen MR) is 139 cm³/mol. The molecule has 0 spiro atoms. The van der Waals surface area contributed by atoms with Gasteiger partial charge in [-0.25, -0.2) is 0 Å². The van der Waals surface area contributed by atoms with E-state index in [4.69, 9.17) is 9.47 Å². The summed E-state index contributed by atoms with van der Waals surface area (Å²) in [6, 6.07) is 16.1. The molecule has 35 heavy (non-hydrogen) atoms. The van der Waals surface area contributed by atoms with E-state index in [-0.39, 0.29) is 25.2 Å². The molecule has 0 bridgehead atoms. The zero-order valence-electron chi connectivity index (χ0n) is 20.1. The number of aryl methyl sites for hydroxylation is 1. The largest absolute Gasteiger partial charge is 0.493 e. The first-order chi connectivity index (χ1) is 17.1. The Morgan fingerprint density at radius 3 is 2.83 bits per heavy atom. The minimum atomic E-state index is -0.0673. The summed E-state index contributed by atoms with van der Waals surface area (Å²) in [7, 11) is 1.60. The lowest BCUT2D eigenvalue weighted by Crippen LogP contribution is -2.40. The number of carbonyl (C=O) groups excluding carboxylic acids is 1. The van der Waals surface area contributed by atoms with E-state index >= 15 is 0 Å². The molecule has 4 aromatic rings. The van der Waals surface area contributed by atoms with Gasteiger partial charge < -0.3 is 24.0 Å². The van der Waals surface area contributed by atoms with Crippen LogP contribution in [0.5, 0.6) is 11.5 Å².